The number of carbonyl (C=O) groups excluding carboxylic acids is 3. The maximum Gasteiger partial charge on any atom is 0.306 e. The van der Waals surface area contributed by atoms with E-state index in [1.165, 1.54) is 180 Å². The van der Waals surface area contributed by atoms with Crippen LogP contribution in [0.25, 0.3) is 0 Å². The quantitative estimate of drug-likeness (QED) is 0.0261. The largest absolute Gasteiger partial charge is 0.462 e. The molecule has 0 aromatic carbocycles. The van der Waals surface area contributed by atoms with Gasteiger partial charge in [-0.25, -0.2) is 0 Å². The Morgan fingerprint density at radius 1 is 0.253 bits per heavy atom. The lowest BCUT2D eigenvalue weighted by atomic mass is 10.0. The van der Waals surface area contributed by atoms with Crippen molar-refractivity contribution < 1.29 is 28.6 Å². The summed E-state index contributed by atoms with van der Waals surface area (Å²) in [5.74, 6) is -0.919. The zero-order valence-corrected chi connectivity index (χ0v) is 54.7. The Morgan fingerprint density at radius 3 is 0.735 bits per heavy atom. The van der Waals surface area contributed by atoms with Gasteiger partial charge in [-0.15, -0.1) is 0 Å². The van der Waals surface area contributed by atoms with Gasteiger partial charge in [-0.1, -0.05) is 342 Å². The molecule has 6 nitrogen and oxygen atoms in total. The molecule has 1 atom stereocenters. The predicted molar refractivity (Wildman–Crippen MR) is 362 cm³/mol. The maximum absolute atomic E-state index is 12.9. The molecular formula is C77H132O6. The maximum atomic E-state index is 12.9. The highest BCUT2D eigenvalue weighted by Crippen LogP contribution is 2.18. The van der Waals surface area contributed by atoms with Crippen LogP contribution in [0.5, 0.6) is 0 Å². The average molecular weight is 1150 g/mol. The van der Waals surface area contributed by atoms with Gasteiger partial charge in [0.25, 0.3) is 0 Å². The molecule has 0 spiro atoms. The fourth-order valence-electron chi connectivity index (χ4n) is 10.0. The zero-order chi connectivity index (χ0) is 59.9. The molecule has 0 N–H and O–H groups in total. The first-order valence-corrected chi connectivity index (χ1v) is 35.4. The topological polar surface area (TPSA) is 78.9 Å². The van der Waals surface area contributed by atoms with Gasteiger partial charge in [0.05, 0.1) is 0 Å². The molecule has 0 amide bonds. The molecule has 1 unspecified atom stereocenters. The molecule has 0 rings (SSSR count). The van der Waals surface area contributed by atoms with Crippen molar-refractivity contribution in [3.8, 4) is 0 Å². The number of rotatable bonds is 64. The molecule has 0 aliphatic rings. The number of ether oxygens (including phenoxy) is 3. The average Bonchev–Trinajstić information content (AvgIpc) is 3.48. The van der Waals surface area contributed by atoms with E-state index in [0.29, 0.717) is 19.3 Å². The first-order valence-electron chi connectivity index (χ1n) is 35.4. The van der Waals surface area contributed by atoms with Gasteiger partial charge in [-0.3, -0.25) is 14.4 Å². The van der Waals surface area contributed by atoms with Gasteiger partial charge in [0, 0.05) is 19.3 Å². The van der Waals surface area contributed by atoms with Crippen LogP contribution in [0, 0.1) is 0 Å². The van der Waals surface area contributed by atoms with E-state index in [-0.39, 0.29) is 31.1 Å². The molecule has 0 saturated carbocycles. The molecule has 83 heavy (non-hydrogen) atoms. The van der Waals surface area contributed by atoms with E-state index in [1.807, 2.05) is 0 Å². The number of carbonyl (C=O) groups is 3. The van der Waals surface area contributed by atoms with Crippen molar-refractivity contribution in [1.82, 2.24) is 0 Å². The standard InChI is InChI=1S/C77H132O6/c1-4-7-10-13-16-18-20-22-24-26-28-30-32-34-36-38-39-40-42-43-45-47-49-51-53-55-57-59-61-64-67-70-76(79)82-73-74(72-81-75(78)69-66-63-15-12-9-6-3)83-77(80)71-68-65-62-60-58-56-54-52-50-48-46-44-41-37-35-33-31-29-27-25-23-21-19-17-14-11-8-5-2/h7,10,16,18,22,24,28,30,34,36,39-40,43,45,49,51,55,57,74H,4-6,8-9,11-15,17,19-21,23,25-27,29,31-33,35,37-38,41-42,44,46-48,50,52-54,56,58-73H2,1-3H3/b10-7-,18-16-,24-22-,30-28-,36-34-,40-39-,45-43-,51-49-,57-55-. The van der Waals surface area contributed by atoms with E-state index in [4.69, 9.17) is 14.2 Å². The highest BCUT2D eigenvalue weighted by molar-refractivity contribution is 5.71. The third kappa shape index (κ3) is 68.7. The summed E-state index contributed by atoms with van der Waals surface area (Å²) >= 11 is 0. The highest BCUT2D eigenvalue weighted by Gasteiger charge is 2.19. The molecule has 0 aromatic heterocycles. The summed E-state index contributed by atoms with van der Waals surface area (Å²) in [6, 6.07) is 0. The van der Waals surface area contributed by atoms with E-state index < -0.39 is 6.10 Å². The van der Waals surface area contributed by atoms with E-state index in [1.54, 1.807) is 0 Å². The molecule has 0 saturated heterocycles. The van der Waals surface area contributed by atoms with Crippen molar-refractivity contribution in [3.05, 3.63) is 109 Å². The van der Waals surface area contributed by atoms with Crippen LogP contribution in [-0.2, 0) is 28.6 Å². The second-order valence-corrected chi connectivity index (χ2v) is 23.4. The van der Waals surface area contributed by atoms with Crippen molar-refractivity contribution in [3.63, 3.8) is 0 Å². The van der Waals surface area contributed by atoms with Crippen LogP contribution in [0.2, 0.25) is 0 Å². The van der Waals surface area contributed by atoms with Crippen molar-refractivity contribution in [2.24, 2.45) is 0 Å². The van der Waals surface area contributed by atoms with Gasteiger partial charge in [-0.2, -0.15) is 0 Å². The molecule has 0 aromatic rings. The molecule has 0 aliphatic carbocycles. The summed E-state index contributed by atoms with van der Waals surface area (Å²) in [7, 11) is 0. The van der Waals surface area contributed by atoms with Crippen LogP contribution in [0.3, 0.4) is 0 Å². The normalized spacial score (nSPS) is 12.8. The summed E-state index contributed by atoms with van der Waals surface area (Å²) < 4.78 is 16.8. The van der Waals surface area contributed by atoms with Gasteiger partial charge in [0.1, 0.15) is 13.2 Å². The number of allylic oxidation sites excluding steroid dienone is 18. The van der Waals surface area contributed by atoms with Gasteiger partial charge >= 0.3 is 17.9 Å². The third-order valence-corrected chi connectivity index (χ3v) is 15.3. The molecule has 0 heterocycles. The van der Waals surface area contributed by atoms with E-state index in [0.717, 1.165) is 122 Å². The van der Waals surface area contributed by atoms with Crippen molar-refractivity contribution >= 4 is 17.9 Å². The van der Waals surface area contributed by atoms with Crippen LogP contribution in [0.4, 0.5) is 0 Å². The van der Waals surface area contributed by atoms with E-state index in [2.05, 4.69) is 130 Å². The molecule has 0 bridgehead atoms. The SMILES string of the molecule is CC/C=C\C/C=C\C/C=C\C/C=C\C/C=C\C/C=C\C/C=C\C/C=C\C/C=C\CCCCCC(=O)OCC(COC(=O)CCCCCCCC)OC(=O)CCCCCCCCCCCCCCCCCCCCCCCCCCCCCC. The number of esters is 3. The molecule has 6 heteroatoms. The predicted octanol–water partition coefficient (Wildman–Crippen LogP) is 24.6. The summed E-state index contributed by atoms with van der Waals surface area (Å²) in [6.07, 6.45) is 97.4. The van der Waals surface area contributed by atoms with Gasteiger partial charge in [0.15, 0.2) is 6.10 Å². The Kier molecular flexibility index (Phi) is 67.2. The minimum atomic E-state index is -0.790. The lowest BCUT2D eigenvalue weighted by Gasteiger charge is -2.18. The Morgan fingerprint density at radius 2 is 0.470 bits per heavy atom. The van der Waals surface area contributed by atoms with Gasteiger partial charge in [-0.05, 0) is 89.9 Å². The van der Waals surface area contributed by atoms with Crippen LogP contribution in [-0.4, -0.2) is 37.2 Å². The fraction of sp³-hybridized carbons (Fsp3) is 0.727. The van der Waals surface area contributed by atoms with Crippen LogP contribution in [0.1, 0.15) is 342 Å². The second kappa shape index (κ2) is 70.6. The molecule has 0 aliphatic heterocycles. The van der Waals surface area contributed by atoms with E-state index in [9.17, 15) is 14.4 Å². The Balaban J connectivity index is 4.11. The van der Waals surface area contributed by atoms with Crippen LogP contribution < -0.4 is 0 Å². The Hall–Kier alpha value is -3.93. The van der Waals surface area contributed by atoms with Crippen molar-refractivity contribution in [2.45, 2.75) is 348 Å². The molecule has 0 fully saturated rings. The first-order chi connectivity index (χ1) is 41.0. The number of unbranched alkanes of at least 4 members (excludes halogenated alkanes) is 35. The summed E-state index contributed by atoms with van der Waals surface area (Å²) in [5, 5.41) is 0. The number of hydrogen-bond donors (Lipinski definition) is 0. The monoisotopic (exact) mass is 1150 g/mol. The summed E-state index contributed by atoms with van der Waals surface area (Å²) in [6.45, 7) is 6.47. The molecule has 476 valence electrons. The minimum absolute atomic E-state index is 0.0868. The lowest BCUT2D eigenvalue weighted by molar-refractivity contribution is -0.167. The molecule has 0 radical (unpaired) electrons. The van der Waals surface area contributed by atoms with Crippen LogP contribution >= 0.6 is 0 Å². The lowest BCUT2D eigenvalue weighted by Crippen LogP contribution is -2.30. The van der Waals surface area contributed by atoms with Crippen molar-refractivity contribution in [1.29, 1.82) is 0 Å². The Labute approximate surface area is 514 Å². The first kappa shape index (κ1) is 79.1. The third-order valence-electron chi connectivity index (χ3n) is 15.3. The number of hydrogen-bond acceptors (Lipinski definition) is 6. The summed E-state index contributed by atoms with van der Waals surface area (Å²) in [5.41, 5.74) is 0. The van der Waals surface area contributed by atoms with E-state index >= 15 is 0 Å². The van der Waals surface area contributed by atoms with Gasteiger partial charge in [0.2, 0.25) is 0 Å². The smallest absolute Gasteiger partial charge is 0.306 e. The molecular weight excluding hydrogens is 1020 g/mol. The van der Waals surface area contributed by atoms with Crippen LogP contribution in [0.15, 0.2) is 109 Å². The minimum Gasteiger partial charge on any atom is -0.462 e. The zero-order valence-electron chi connectivity index (χ0n) is 54.7. The Bertz CT molecular complexity index is 1660. The fourth-order valence-corrected chi connectivity index (χ4v) is 10.0. The summed E-state index contributed by atoms with van der Waals surface area (Å²) in [4.78, 5) is 38.1. The van der Waals surface area contributed by atoms with Crippen molar-refractivity contribution in [2.75, 3.05) is 13.2 Å². The van der Waals surface area contributed by atoms with Gasteiger partial charge < -0.3 is 14.2 Å². The highest BCUT2D eigenvalue weighted by atomic mass is 16.6. The second-order valence-electron chi connectivity index (χ2n) is 23.4.